The van der Waals surface area contributed by atoms with Crippen molar-refractivity contribution in [2.45, 2.75) is 59.0 Å². The maximum Gasteiger partial charge on any atom is 0.332 e. The molecule has 1 aliphatic carbocycles. The zero-order valence-corrected chi connectivity index (χ0v) is 23.6. The minimum absolute atomic E-state index is 0.168. The molecular weight excluding hydrogens is 514 g/mol. The van der Waals surface area contributed by atoms with Crippen molar-refractivity contribution in [3.05, 3.63) is 84.4 Å². The molecule has 1 N–H and O–H groups in total. The Morgan fingerprint density at radius 1 is 0.974 bits per heavy atom. The third kappa shape index (κ3) is 5.23. The molecule has 1 amide bonds. The first-order valence-corrected chi connectivity index (χ1v) is 14.0. The van der Waals surface area contributed by atoms with E-state index in [0.717, 1.165) is 52.8 Å². The number of hydrogen-bond acceptors (Lipinski definition) is 6. The molecule has 0 aliphatic heterocycles. The van der Waals surface area contributed by atoms with Crippen LogP contribution in [0.2, 0.25) is 0 Å². The molecule has 1 aliphatic rings. The average molecular weight is 548 g/mol. The minimum Gasteiger partial charge on any atom is -0.493 e. The van der Waals surface area contributed by atoms with Crippen molar-refractivity contribution in [2.24, 2.45) is 0 Å². The number of hydrogen-bond donors (Lipinski definition) is 1. The van der Waals surface area contributed by atoms with Crippen molar-refractivity contribution in [2.75, 3.05) is 19.5 Å². The van der Waals surface area contributed by atoms with Gasteiger partial charge in [0, 0.05) is 17.1 Å². The lowest BCUT2D eigenvalue weighted by Gasteiger charge is -2.15. The van der Waals surface area contributed by atoms with Gasteiger partial charge in [0.25, 0.3) is 5.56 Å². The molecule has 204 valence electrons. The second-order valence-corrected chi connectivity index (χ2v) is 11.1. The standard InChI is InChI=1S/C30H33N3O5S/c1-18-9-11-22(19(2)15-18)31-26(34)17-33-29-27(21-7-5-6-8-25(21)39-29)28(35)32(30(33)36)14-13-20-10-12-23(37-3)24(16-20)38-4/h9-12,15-16H,5-8,13-14,17H2,1-4H3,(H,31,34). The largest absolute Gasteiger partial charge is 0.493 e. The number of anilines is 1. The van der Waals surface area contributed by atoms with E-state index in [0.29, 0.717) is 33.8 Å². The zero-order valence-electron chi connectivity index (χ0n) is 22.8. The third-order valence-corrected chi connectivity index (χ3v) is 8.66. The van der Waals surface area contributed by atoms with E-state index in [1.807, 2.05) is 50.2 Å². The van der Waals surface area contributed by atoms with E-state index in [4.69, 9.17) is 9.47 Å². The Kier molecular flexibility index (Phi) is 7.61. The zero-order chi connectivity index (χ0) is 27.7. The van der Waals surface area contributed by atoms with E-state index in [1.54, 1.807) is 14.2 Å². The Morgan fingerprint density at radius 3 is 2.49 bits per heavy atom. The lowest BCUT2D eigenvalue weighted by atomic mass is 9.97. The molecule has 0 saturated carbocycles. The number of aryl methyl sites for hydroxylation is 5. The number of aromatic nitrogens is 2. The fraction of sp³-hybridized carbons (Fsp3) is 0.367. The Bertz CT molecular complexity index is 1680. The van der Waals surface area contributed by atoms with E-state index < -0.39 is 5.69 Å². The van der Waals surface area contributed by atoms with Crippen molar-refractivity contribution in [1.29, 1.82) is 0 Å². The molecule has 5 rings (SSSR count). The van der Waals surface area contributed by atoms with Gasteiger partial charge < -0.3 is 14.8 Å². The predicted molar refractivity (Wildman–Crippen MR) is 155 cm³/mol. The van der Waals surface area contributed by atoms with Gasteiger partial charge in [-0.25, -0.2) is 4.79 Å². The number of ether oxygens (including phenoxy) is 2. The van der Waals surface area contributed by atoms with E-state index in [-0.39, 0.29) is 24.6 Å². The fourth-order valence-corrected chi connectivity index (χ4v) is 6.69. The molecule has 39 heavy (non-hydrogen) atoms. The van der Waals surface area contributed by atoms with E-state index in [9.17, 15) is 14.4 Å². The number of carbonyl (C=O) groups is 1. The first kappa shape index (κ1) is 26.7. The molecular formula is C30H33N3O5S. The summed E-state index contributed by atoms with van der Waals surface area (Å²) in [6.07, 6.45) is 4.22. The second-order valence-electron chi connectivity index (χ2n) is 10.0. The van der Waals surface area contributed by atoms with Crippen LogP contribution in [0, 0.1) is 13.8 Å². The van der Waals surface area contributed by atoms with Gasteiger partial charge in [0.05, 0.1) is 19.6 Å². The number of methoxy groups -OCH3 is 2. The molecule has 0 bridgehead atoms. The Labute approximate surface area is 230 Å². The summed E-state index contributed by atoms with van der Waals surface area (Å²) in [6.45, 7) is 3.96. The first-order valence-electron chi connectivity index (χ1n) is 13.2. The van der Waals surface area contributed by atoms with Gasteiger partial charge in [0.2, 0.25) is 5.91 Å². The molecule has 0 radical (unpaired) electrons. The summed E-state index contributed by atoms with van der Waals surface area (Å²) in [5.74, 6) is 0.897. The maximum absolute atomic E-state index is 13.8. The Balaban J connectivity index is 1.53. The summed E-state index contributed by atoms with van der Waals surface area (Å²) >= 11 is 1.48. The summed E-state index contributed by atoms with van der Waals surface area (Å²) in [5.41, 5.74) is 3.96. The van der Waals surface area contributed by atoms with E-state index >= 15 is 0 Å². The van der Waals surface area contributed by atoms with Crippen LogP contribution >= 0.6 is 11.3 Å². The fourth-order valence-electron chi connectivity index (χ4n) is 5.32. The molecule has 0 atom stereocenters. The van der Waals surface area contributed by atoms with Gasteiger partial charge in [-0.05, 0) is 80.8 Å². The second kappa shape index (κ2) is 11.1. The summed E-state index contributed by atoms with van der Waals surface area (Å²) in [6, 6.07) is 11.4. The number of benzene rings is 2. The molecule has 0 unspecified atom stereocenters. The molecule has 9 heteroatoms. The highest BCUT2D eigenvalue weighted by Crippen LogP contribution is 2.34. The van der Waals surface area contributed by atoms with Crippen LogP contribution in [0.5, 0.6) is 11.5 Å². The summed E-state index contributed by atoms with van der Waals surface area (Å²) in [4.78, 5) is 42.4. The third-order valence-electron chi connectivity index (χ3n) is 7.35. The van der Waals surface area contributed by atoms with Gasteiger partial charge in [-0.15, -0.1) is 11.3 Å². The highest BCUT2D eigenvalue weighted by atomic mass is 32.1. The van der Waals surface area contributed by atoms with Crippen molar-refractivity contribution >= 4 is 33.1 Å². The number of carbonyl (C=O) groups excluding carboxylic acids is 1. The highest BCUT2D eigenvalue weighted by molar-refractivity contribution is 7.18. The van der Waals surface area contributed by atoms with Crippen molar-refractivity contribution < 1.29 is 14.3 Å². The normalized spacial score (nSPS) is 12.8. The quantitative estimate of drug-likeness (QED) is 0.348. The van der Waals surface area contributed by atoms with Gasteiger partial charge in [0.1, 0.15) is 11.4 Å². The van der Waals surface area contributed by atoms with Gasteiger partial charge in [-0.1, -0.05) is 23.8 Å². The predicted octanol–water partition coefficient (Wildman–Crippen LogP) is 4.62. The maximum atomic E-state index is 13.8. The molecule has 2 aromatic carbocycles. The first-order chi connectivity index (χ1) is 18.8. The van der Waals surface area contributed by atoms with E-state index in [1.165, 1.54) is 20.5 Å². The van der Waals surface area contributed by atoms with Crippen molar-refractivity contribution in [3.63, 3.8) is 0 Å². The number of rotatable bonds is 8. The minimum atomic E-state index is -0.470. The van der Waals surface area contributed by atoms with Gasteiger partial charge in [-0.2, -0.15) is 0 Å². The summed E-state index contributed by atoms with van der Waals surface area (Å²) in [5, 5.41) is 3.53. The smallest absolute Gasteiger partial charge is 0.332 e. The van der Waals surface area contributed by atoms with Crippen LogP contribution in [0.25, 0.3) is 10.2 Å². The molecule has 2 aromatic heterocycles. The van der Waals surface area contributed by atoms with Crippen LogP contribution in [-0.2, 0) is 37.1 Å². The topological polar surface area (TPSA) is 91.6 Å². The average Bonchev–Trinajstić information content (AvgIpc) is 3.32. The summed E-state index contributed by atoms with van der Waals surface area (Å²) in [7, 11) is 3.15. The highest BCUT2D eigenvalue weighted by Gasteiger charge is 2.24. The van der Waals surface area contributed by atoms with Crippen molar-refractivity contribution in [1.82, 2.24) is 9.13 Å². The monoisotopic (exact) mass is 547 g/mol. The van der Waals surface area contributed by atoms with Crippen LogP contribution in [0.15, 0.2) is 46.0 Å². The molecule has 8 nitrogen and oxygen atoms in total. The number of thiophene rings is 1. The molecule has 0 saturated heterocycles. The lowest BCUT2D eigenvalue weighted by Crippen LogP contribution is -2.42. The van der Waals surface area contributed by atoms with Gasteiger partial charge in [-0.3, -0.25) is 18.7 Å². The molecule has 2 heterocycles. The van der Waals surface area contributed by atoms with Crippen LogP contribution in [-0.4, -0.2) is 29.3 Å². The molecule has 4 aromatic rings. The number of nitrogens with zero attached hydrogens (tertiary/aromatic N) is 2. The molecule has 0 spiro atoms. The molecule has 0 fully saturated rings. The Morgan fingerprint density at radius 2 is 1.74 bits per heavy atom. The van der Waals surface area contributed by atoms with Gasteiger partial charge >= 0.3 is 5.69 Å². The number of amides is 1. The number of nitrogens with one attached hydrogen (secondary N) is 1. The van der Waals surface area contributed by atoms with Crippen LogP contribution in [0.1, 0.15) is 40.0 Å². The van der Waals surface area contributed by atoms with Crippen LogP contribution < -0.4 is 26.0 Å². The lowest BCUT2D eigenvalue weighted by molar-refractivity contribution is -0.116. The van der Waals surface area contributed by atoms with Crippen LogP contribution in [0.4, 0.5) is 5.69 Å². The summed E-state index contributed by atoms with van der Waals surface area (Å²) < 4.78 is 13.5. The number of fused-ring (bicyclic) bond motifs is 3. The van der Waals surface area contributed by atoms with Crippen molar-refractivity contribution in [3.8, 4) is 11.5 Å². The van der Waals surface area contributed by atoms with Crippen LogP contribution in [0.3, 0.4) is 0 Å². The Hall–Kier alpha value is -3.85. The SMILES string of the molecule is COc1ccc(CCn2c(=O)c3c4c(sc3n(CC(=O)Nc3ccc(C)cc3C)c2=O)CCCC4)cc1OC. The van der Waals surface area contributed by atoms with E-state index in [2.05, 4.69) is 5.32 Å². The van der Waals surface area contributed by atoms with Gasteiger partial charge in [0.15, 0.2) is 11.5 Å².